The summed E-state index contributed by atoms with van der Waals surface area (Å²) < 4.78 is 40.9. The second-order valence-corrected chi connectivity index (χ2v) is 8.02. The number of carbonyl (C=O) groups is 1. The van der Waals surface area contributed by atoms with Crippen LogP contribution in [0.25, 0.3) is 11.3 Å². The number of nitrogens with zero attached hydrogens (tertiary/aromatic N) is 2. The molecule has 0 N–H and O–H groups in total. The van der Waals surface area contributed by atoms with E-state index in [0.29, 0.717) is 20.6 Å². The first-order chi connectivity index (χ1) is 12.3. The van der Waals surface area contributed by atoms with Gasteiger partial charge in [-0.05, 0) is 32.9 Å². The van der Waals surface area contributed by atoms with Crippen molar-refractivity contribution in [3.8, 4) is 11.3 Å². The summed E-state index contributed by atoms with van der Waals surface area (Å²) in [5.41, 5.74) is 1.01. The highest BCUT2D eigenvalue weighted by molar-refractivity contribution is 9.10. The second kappa shape index (κ2) is 7.98. The summed E-state index contributed by atoms with van der Waals surface area (Å²) in [5, 5.41) is 1.95. The molecule has 2 heterocycles. The van der Waals surface area contributed by atoms with Gasteiger partial charge in [0.15, 0.2) is 10.9 Å². The van der Waals surface area contributed by atoms with E-state index in [1.54, 1.807) is 41.8 Å². The molecule has 3 aromatic rings. The number of thioether (sulfide) groups is 1. The van der Waals surface area contributed by atoms with E-state index in [0.717, 1.165) is 16.3 Å². The predicted octanol–water partition coefficient (Wildman–Crippen LogP) is 5.91. The Morgan fingerprint density at radius 1 is 1.23 bits per heavy atom. The van der Waals surface area contributed by atoms with Crippen LogP contribution in [0.5, 0.6) is 0 Å². The summed E-state index contributed by atoms with van der Waals surface area (Å²) in [6.45, 7) is -1.16. The SMILES string of the molecule is O=C(CSc1ncc(-c2ccccc2)n1CC(F)(F)F)c1sccc1Br. The average Bonchev–Trinajstić information content (AvgIpc) is 3.18. The summed E-state index contributed by atoms with van der Waals surface area (Å²) in [6, 6.07) is 10.5. The van der Waals surface area contributed by atoms with Gasteiger partial charge in [-0.2, -0.15) is 13.2 Å². The van der Waals surface area contributed by atoms with Crippen LogP contribution in [-0.2, 0) is 6.54 Å². The van der Waals surface area contributed by atoms with Crippen LogP contribution in [0.4, 0.5) is 13.2 Å². The Bertz CT molecular complexity index is 906. The standard InChI is InChI=1S/C17H12BrF3N2OS2/c18-12-6-7-25-15(12)14(24)9-26-16-22-8-13(11-4-2-1-3-5-11)23(16)10-17(19,20)21/h1-8H,9-10H2. The number of carbonyl (C=O) groups excluding carboxylic acids is 1. The molecular weight excluding hydrogens is 449 g/mol. The monoisotopic (exact) mass is 460 g/mol. The number of alkyl halides is 3. The zero-order valence-corrected chi connectivity index (χ0v) is 16.4. The minimum Gasteiger partial charge on any atom is -0.310 e. The van der Waals surface area contributed by atoms with Crippen molar-refractivity contribution in [2.24, 2.45) is 0 Å². The lowest BCUT2D eigenvalue weighted by molar-refractivity contribution is -0.141. The van der Waals surface area contributed by atoms with Crippen LogP contribution in [0.1, 0.15) is 9.67 Å². The van der Waals surface area contributed by atoms with Crippen LogP contribution >= 0.6 is 39.0 Å². The number of rotatable bonds is 6. The number of halogens is 4. The van der Waals surface area contributed by atoms with E-state index in [-0.39, 0.29) is 16.7 Å². The van der Waals surface area contributed by atoms with Crippen molar-refractivity contribution >= 4 is 44.8 Å². The van der Waals surface area contributed by atoms with E-state index in [2.05, 4.69) is 20.9 Å². The van der Waals surface area contributed by atoms with E-state index in [1.165, 1.54) is 17.5 Å². The van der Waals surface area contributed by atoms with Crippen LogP contribution < -0.4 is 0 Å². The minimum atomic E-state index is -4.39. The Balaban J connectivity index is 1.86. The van der Waals surface area contributed by atoms with Gasteiger partial charge in [-0.25, -0.2) is 4.98 Å². The first-order valence-electron chi connectivity index (χ1n) is 7.42. The summed E-state index contributed by atoms with van der Waals surface area (Å²) in [5.74, 6) is -0.137. The third-order valence-electron chi connectivity index (χ3n) is 3.43. The Morgan fingerprint density at radius 3 is 2.58 bits per heavy atom. The lowest BCUT2D eigenvalue weighted by Gasteiger charge is -2.14. The van der Waals surface area contributed by atoms with Crippen molar-refractivity contribution in [1.82, 2.24) is 9.55 Å². The van der Waals surface area contributed by atoms with Gasteiger partial charge in [0, 0.05) is 4.47 Å². The number of hydrogen-bond donors (Lipinski definition) is 0. The molecule has 0 amide bonds. The maximum atomic E-state index is 13.0. The van der Waals surface area contributed by atoms with Crippen molar-refractivity contribution in [3.63, 3.8) is 0 Å². The fourth-order valence-electron chi connectivity index (χ4n) is 2.33. The fourth-order valence-corrected chi connectivity index (χ4v) is 4.81. The Morgan fingerprint density at radius 2 is 1.96 bits per heavy atom. The maximum Gasteiger partial charge on any atom is 0.406 e. The van der Waals surface area contributed by atoms with E-state index >= 15 is 0 Å². The smallest absolute Gasteiger partial charge is 0.310 e. The third-order valence-corrected chi connectivity index (χ3v) is 6.30. The van der Waals surface area contributed by atoms with Crippen molar-refractivity contribution in [2.45, 2.75) is 17.9 Å². The van der Waals surface area contributed by atoms with Crippen LogP contribution in [0.2, 0.25) is 0 Å². The predicted molar refractivity (Wildman–Crippen MR) is 101 cm³/mol. The molecule has 0 fully saturated rings. The fraction of sp³-hybridized carbons (Fsp3) is 0.176. The largest absolute Gasteiger partial charge is 0.406 e. The van der Waals surface area contributed by atoms with Crippen LogP contribution in [0, 0.1) is 0 Å². The summed E-state index contributed by atoms with van der Waals surface area (Å²) >= 11 is 5.59. The number of imidazole rings is 1. The van der Waals surface area contributed by atoms with Gasteiger partial charge in [0.1, 0.15) is 6.54 Å². The Kier molecular flexibility index (Phi) is 5.89. The first kappa shape index (κ1) is 19.2. The molecule has 136 valence electrons. The van der Waals surface area contributed by atoms with Gasteiger partial charge in [0.05, 0.1) is 22.5 Å². The molecule has 0 radical (unpaired) electrons. The Labute approximate surface area is 164 Å². The van der Waals surface area contributed by atoms with E-state index < -0.39 is 12.7 Å². The third kappa shape index (κ3) is 4.57. The minimum absolute atomic E-state index is 0.0161. The highest BCUT2D eigenvalue weighted by atomic mass is 79.9. The molecule has 0 aliphatic rings. The van der Waals surface area contributed by atoms with Gasteiger partial charge >= 0.3 is 6.18 Å². The van der Waals surface area contributed by atoms with E-state index in [4.69, 9.17) is 0 Å². The van der Waals surface area contributed by atoms with Crippen LogP contribution in [-0.4, -0.2) is 27.3 Å². The molecule has 0 saturated carbocycles. The quantitative estimate of drug-likeness (QED) is 0.338. The zero-order valence-electron chi connectivity index (χ0n) is 13.2. The van der Waals surface area contributed by atoms with Crippen molar-refractivity contribution in [3.05, 3.63) is 57.3 Å². The summed E-state index contributed by atoms with van der Waals surface area (Å²) in [4.78, 5) is 16.9. The Hall–Kier alpha value is -1.58. The average molecular weight is 461 g/mol. The molecule has 0 aliphatic carbocycles. The number of thiophene rings is 1. The molecule has 0 spiro atoms. The molecular formula is C17H12BrF3N2OS2. The molecule has 26 heavy (non-hydrogen) atoms. The van der Waals surface area contributed by atoms with Gasteiger partial charge in [-0.15, -0.1) is 11.3 Å². The van der Waals surface area contributed by atoms with Crippen LogP contribution in [0.3, 0.4) is 0 Å². The summed E-state index contributed by atoms with van der Waals surface area (Å²) in [6.07, 6.45) is -2.98. The molecule has 0 aliphatic heterocycles. The van der Waals surface area contributed by atoms with Gasteiger partial charge in [-0.3, -0.25) is 4.79 Å². The molecule has 0 unspecified atom stereocenters. The number of hydrogen-bond acceptors (Lipinski definition) is 4. The highest BCUT2D eigenvalue weighted by Crippen LogP contribution is 2.31. The maximum absolute atomic E-state index is 13.0. The first-order valence-corrected chi connectivity index (χ1v) is 10.1. The number of ketones is 1. The van der Waals surface area contributed by atoms with Crippen LogP contribution in [0.15, 0.2) is 57.6 Å². The molecule has 3 nitrogen and oxygen atoms in total. The number of aromatic nitrogens is 2. The lowest BCUT2D eigenvalue weighted by Crippen LogP contribution is -2.19. The zero-order chi connectivity index (χ0) is 18.7. The van der Waals surface area contributed by atoms with Gasteiger partial charge in [0.2, 0.25) is 0 Å². The summed E-state index contributed by atoms with van der Waals surface area (Å²) in [7, 11) is 0. The van der Waals surface area contributed by atoms with E-state index in [9.17, 15) is 18.0 Å². The molecule has 0 saturated heterocycles. The second-order valence-electron chi connectivity index (χ2n) is 5.30. The van der Waals surface area contributed by atoms with Gasteiger partial charge < -0.3 is 4.57 Å². The molecule has 0 bridgehead atoms. The number of benzene rings is 1. The highest BCUT2D eigenvalue weighted by Gasteiger charge is 2.31. The van der Waals surface area contributed by atoms with Crippen molar-refractivity contribution in [1.29, 1.82) is 0 Å². The normalized spacial score (nSPS) is 11.7. The van der Waals surface area contributed by atoms with Crippen molar-refractivity contribution in [2.75, 3.05) is 5.75 Å². The molecule has 2 aromatic heterocycles. The topological polar surface area (TPSA) is 34.9 Å². The molecule has 9 heteroatoms. The van der Waals surface area contributed by atoms with Gasteiger partial charge in [0.25, 0.3) is 0 Å². The molecule has 0 atom stereocenters. The molecule has 3 rings (SSSR count). The van der Waals surface area contributed by atoms with Crippen molar-refractivity contribution < 1.29 is 18.0 Å². The molecule has 1 aromatic carbocycles. The number of Topliss-reactive ketones (excluding diaryl/α,β-unsaturated/α-hetero) is 1. The lowest BCUT2D eigenvalue weighted by atomic mass is 10.2. The van der Waals surface area contributed by atoms with Gasteiger partial charge in [-0.1, -0.05) is 42.1 Å². The van der Waals surface area contributed by atoms with E-state index in [1.807, 2.05) is 0 Å².